The molecule has 1 aromatic carbocycles. The van der Waals surface area contributed by atoms with Crippen molar-refractivity contribution in [1.29, 1.82) is 0 Å². The lowest BCUT2D eigenvalue weighted by Gasteiger charge is -2.31. The summed E-state index contributed by atoms with van der Waals surface area (Å²) in [7, 11) is 1.99. The average Bonchev–Trinajstić information content (AvgIpc) is 3.24. The van der Waals surface area contributed by atoms with Crippen LogP contribution in [0.3, 0.4) is 0 Å². The summed E-state index contributed by atoms with van der Waals surface area (Å²) in [6.07, 6.45) is 3.20. The molecule has 1 atom stereocenters. The Morgan fingerprint density at radius 1 is 1.32 bits per heavy atom. The molecular formula is C18H18BrClN2O3. The highest BCUT2D eigenvalue weighted by Gasteiger charge is 2.44. The molecule has 5 nitrogen and oxygen atoms in total. The molecule has 2 aromatic rings. The van der Waals surface area contributed by atoms with Gasteiger partial charge in [0.25, 0.3) is 0 Å². The third kappa shape index (κ3) is 2.53. The molecule has 0 saturated carbocycles. The maximum Gasteiger partial charge on any atom is 0.173 e. The van der Waals surface area contributed by atoms with E-state index in [0.717, 1.165) is 52.9 Å². The Kier molecular flexibility index (Phi) is 3.68. The van der Waals surface area contributed by atoms with Crippen molar-refractivity contribution < 1.29 is 14.2 Å². The smallest absolute Gasteiger partial charge is 0.173 e. The standard InChI is InChI=1S/C18H18BrClN2O3/c1-22-16(15-7-10-6-11(20)8-13(19)17(10)25-15)12-9-18(23-4-5-24-18)3-2-14(12)21-22/h6,8,15H,2-5,7,9H2,1H3. The van der Waals surface area contributed by atoms with Crippen molar-refractivity contribution in [2.24, 2.45) is 7.05 Å². The summed E-state index contributed by atoms with van der Waals surface area (Å²) < 4.78 is 21.0. The van der Waals surface area contributed by atoms with Gasteiger partial charge in [0.2, 0.25) is 0 Å². The van der Waals surface area contributed by atoms with Gasteiger partial charge in [0.05, 0.1) is 29.1 Å². The van der Waals surface area contributed by atoms with E-state index in [1.165, 1.54) is 5.56 Å². The third-order valence-corrected chi connectivity index (χ3v) is 6.14. The van der Waals surface area contributed by atoms with Gasteiger partial charge < -0.3 is 14.2 Å². The number of hydrogen-bond donors (Lipinski definition) is 0. The Labute approximate surface area is 159 Å². The van der Waals surface area contributed by atoms with Gasteiger partial charge in [-0.2, -0.15) is 5.10 Å². The van der Waals surface area contributed by atoms with E-state index in [0.29, 0.717) is 18.2 Å². The van der Waals surface area contributed by atoms with Crippen LogP contribution in [0, 0.1) is 0 Å². The van der Waals surface area contributed by atoms with Gasteiger partial charge in [0.1, 0.15) is 11.9 Å². The summed E-state index contributed by atoms with van der Waals surface area (Å²) in [6.45, 7) is 1.34. The molecule has 1 aliphatic carbocycles. The predicted molar refractivity (Wildman–Crippen MR) is 96.1 cm³/mol. The number of ether oxygens (including phenoxy) is 3. The summed E-state index contributed by atoms with van der Waals surface area (Å²) in [4.78, 5) is 0. The zero-order chi connectivity index (χ0) is 17.2. The maximum absolute atomic E-state index is 6.29. The third-order valence-electron chi connectivity index (χ3n) is 5.33. The van der Waals surface area contributed by atoms with Crippen molar-refractivity contribution >= 4 is 27.5 Å². The highest BCUT2D eigenvalue weighted by Crippen LogP contribution is 2.45. The minimum Gasteiger partial charge on any atom is -0.482 e. The van der Waals surface area contributed by atoms with Crippen LogP contribution >= 0.6 is 27.5 Å². The number of rotatable bonds is 1. The Bertz CT molecular complexity index is 860. The fourth-order valence-corrected chi connectivity index (χ4v) is 5.25. The minimum absolute atomic E-state index is 0.0671. The topological polar surface area (TPSA) is 45.5 Å². The van der Waals surface area contributed by atoms with Crippen LogP contribution in [0.25, 0.3) is 0 Å². The Morgan fingerprint density at radius 2 is 2.12 bits per heavy atom. The van der Waals surface area contributed by atoms with Crippen LogP contribution in [0.15, 0.2) is 16.6 Å². The average molecular weight is 426 g/mol. The molecule has 2 aliphatic heterocycles. The lowest BCUT2D eigenvalue weighted by Crippen LogP contribution is -2.37. The van der Waals surface area contributed by atoms with E-state index in [1.54, 1.807) is 0 Å². The quantitative estimate of drug-likeness (QED) is 0.698. The first-order valence-electron chi connectivity index (χ1n) is 8.52. The highest BCUT2D eigenvalue weighted by molar-refractivity contribution is 9.10. The van der Waals surface area contributed by atoms with E-state index in [4.69, 9.17) is 30.9 Å². The summed E-state index contributed by atoms with van der Waals surface area (Å²) in [5, 5.41) is 5.46. The van der Waals surface area contributed by atoms with E-state index < -0.39 is 5.79 Å². The Morgan fingerprint density at radius 3 is 2.92 bits per heavy atom. The molecule has 0 N–H and O–H groups in total. The SMILES string of the molecule is Cn1nc2c(c1C1Cc3cc(Cl)cc(Br)c3O1)CC1(CC2)OCCO1. The van der Waals surface area contributed by atoms with Gasteiger partial charge in [-0.3, -0.25) is 4.68 Å². The summed E-state index contributed by atoms with van der Waals surface area (Å²) in [5.74, 6) is 0.406. The number of fused-ring (bicyclic) bond motifs is 2. The summed E-state index contributed by atoms with van der Waals surface area (Å²) in [5.41, 5.74) is 4.60. The summed E-state index contributed by atoms with van der Waals surface area (Å²) >= 11 is 9.75. The van der Waals surface area contributed by atoms with Crippen LogP contribution in [-0.2, 0) is 35.8 Å². The Balaban J connectivity index is 1.52. The summed E-state index contributed by atoms with van der Waals surface area (Å²) in [6, 6.07) is 3.85. The largest absolute Gasteiger partial charge is 0.482 e. The van der Waals surface area contributed by atoms with Gasteiger partial charge in [-0.25, -0.2) is 0 Å². The minimum atomic E-state index is -0.472. The van der Waals surface area contributed by atoms with Crippen LogP contribution in [0.4, 0.5) is 0 Å². The van der Waals surface area contributed by atoms with Crippen molar-refractivity contribution in [1.82, 2.24) is 9.78 Å². The first kappa shape index (κ1) is 16.1. The van der Waals surface area contributed by atoms with Crippen LogP contribution in [0.5, 0.6) is 5.75 Å². The lowest BCUT2D eigenvalue weighted by molar-refractivity contribution is -0.164. The fourth-order valence-electron chi connectivity index (χ4n) is 4.28. The van der Waals surface area contributed by atoms with E-state index >= 15 is 0 Å². The molecule has 7 heteroatoms. The second kappa shape index (κ2) is 5.71. The number of halogens is 2. The van der Waals surface area contributed by atoms with Crippen molar-refractivity contribution in [3.63, 3.8) is 0 Å². The maximum atomic E-state index is 6.29. The molecule has 132 valence electrons. The van der Waals surface area contributed by atoms with Crippen molar-refractivity contribution in [3.05, 3.63) is 44.1 Å². The van der Waals surface area contributed by atoms with Gasteiger partial charge in [0, 0.05) is 42.5 Å². The van der Waals surface area contributed by atoms with Crippen molar-refractivity contribution in [2.45, 2.75) is 37.6 Å². The van der Waals surface area contributed by atoms with Gasteiger partial charge in [-0.15, -0.1) is 0 Å². The molecule has 0 radical (unpaired) electrons. The molecule has 1 fully saturated rings. The van der Waals surface area contributed by atoms with Crippen LogP contribution in [0.2, 0.25) is 5.02 Å². The van der Waals surface area contributed by atoms with Crippen LogP contribution < -0.4 is 4.74 Å². The molecule has 25 heavy (non-hydrogen) atoms. The molecule has 0 bridgehead atoms. The van der Waals surface area contributed by atoms with Crippen LogP contribution in [-0.4, -0.2) is 28.8 Å². The van der Waals surface area contributed by atoms with Gasteiger partial charge in [-0.1, -0.05) is 11.6 Å². The zero-order valence-corrected chi connectivity index (χ0v) is 16.2. The second-order valence-corrected chi connectivity index (χ2v) is 8.20. The molecule has 0 amide bonds. The Hall–Kier alpha value is -1.08. The molecule has 1 aromatic heterocycles. The molecule has 1 unspecified atom stereocenters. The monoisotopic (exact) mass is 424 g/mol. The number of benzene rings is 1. The van der Waals surface area contributed by atoms with E-state index in [1.807, 2.05) is 23.9 Å². The van der Waals surface area contributed by atoms with E-state index in [2.05, 4.69) is 15.9 Å². The van der Waals surface area contributed by atoms with Crippen molar-refractivity contribution in [2.75, 3.05) is 13.2 Å². The molecule has 5 rings (SSSR count). The number of aryl methyl sites for hydroxylation is 2. The molecule has 1 spiro atoms. The van der Waals surface area contributed by atoms with Gasteiger partial charge >= 0.3 is 0 Å². The zero-order valence-electron chi connectivity index (χ0n) is 13.8. The normalized spacial score (nSPS) is 23.6. The van der Waals surface area contributed by atoms with Gasteiger partial charge in [-0.05, 0) is 34.5 Å². The second-order valence-electron chi connectivity index (χ2n) is 6.90. The predicted octanol–water partition coefficient (Wildman–Crippen LogP) is 3.74. The lowest BCUT2D eigenvalue weighted by atomic mass is 9.89. The number of nitrogens with zero attached hydrogens (tertiary/aromatic N) is 2. The number of aromatic nitrogens is 2. The van der Waals surface area contributed by atoms with Gasteiger partial charge in [0.15, 0.2) is 5.79 Å². The fraction of sp³-hybridized carbons (Fsp3) is 0.500. The van der Waals surface area contributed by atoms with E-state index in [9.17, 15) is 0 Å². The van der Waals surface area contributed by atoms with Crippen LogP contribution in [0.1, 0.15) is 35.0 Å². The van der Waals surface area contributed by atoms with E-state index in [-0.39, 0.29) is 6.10 Å². The first-order valence-corrected chi connectivity index (χ1v) is 9.69. The molecule has 1 saturated heterocycles. The highest BCUT2D eigenvalue weighted by atomic mass is 79.9. The van der Waals surface area contributed by atoms with Crippen molar-refractivity contribution in [3.8, 4) is 5.75 Å². The first-order chi connectivity index (χ1) is 12.0. The molecular weight excluding hydrogens is 408 g/mol. The molecule has 3 aliphatic rings. The number of hydrogen-bond acceptors (Lipinski definition) is 4. The molecule has 3 heterocycles.